The van der Waals surface area contributed by atoms with Crippen molar-refractivity contribution >= 4 is 11.7 Å². The van der Waals surface area contributed by atoms with Gasteiger partial charge in [-0.2, -0.15) is 0 Å². The summed E-state index contributed by atoms with van der Waals surface area (Å²) in [6.45, 7) is 4.57. The molecule has 0 aliphatic carbocycles. The first-order chi connectivity index (χ1) is 13.0. The van der Waals surface area contributed by atoms with Crippen molar-refractivity contribution in [3.8, 4) is 0 Å². The fraction of sp³-hybridized carbons (Fsp3) is 0.500. The van der Waals surface area contributed by atoms with Gasteiger partial charge in [0, 0.05) is 43.9 Å². The van der Waals surface area contributed by atoms with Gasteiger partial charge >= 0.3 is 0 Å². The molecule has 2 fully saturated rings. The Labute approximate surface area is 158 Å². The molecule has 0 unspecified atom stereocenters. The van der Waals surface area contributed by atoms with Crippen LogP contribution in [0.4, 0.5) is 10.2 Å². The lowest BCUT2D eigenvalue weighted by molar-refractivity contribution is -0.138. The lowest BCUT2D eigenvalue weighted by Crippen LogP contribution is -2.54. The molecule has 4 heterocycles. The molecule has 2 aromatic rings. The molecule has 0 bridgehead atoms. The molecule has 0 aromatic carbocycles. The fourth-order valence-corrected chi connectivity index (χ4v) is 4.27. The van der Waals surface area contributed by atoms with Crippen molar-refractivity contribution in [2.75, 3.05) is 24.5 Å². The Hall–Kier alpha value is -2.57. The minimum absolute atomic E-state index is 0.0196. The third-order valence-corrected chi connectivity index (χ3v) is 5.64. The standard InChI is InChI=1S/C20H24FN5O/c1-15-10-24-16(11-23-15)12-26-14-20(7-5-18(26)27)6-3-9-25(13-20)19-17(21)4-2-8-22-19/h2,4,8,10-11H,3,5-7,9,12-14H2,1H3/t20-/m1/s1. The Balaban J connectivity index is 1.51. The molecule has 2 aromatic heterocycles. The molecule has 1 atom stereocenters. The number of hydrogen-bond acceptors (Lipinski definition) is 5. The summed E-state index contributed by atoms with van der Waals surface area (Å²) in [7, 11) is 0. The SMILES string of the molecule is Cc1cnc(CN2C[C@]3(CCCN(c4ncccc4F)C3)CCC2=O)cn1. The second-order valence-corrected chi connectivity index (χ2v) is 7.73. The van der Waals surface area contributed by atoms with Gasteiger partial charge in [-0.1, -0.05) is 0 Å². The number of pyridine rings is 1. The van der Waals surface area contributed by atoms with Crippen LogP contribution in [0.15, 0.2) is 30.7 Å². The molecular weight excluding hydrogens is 345 g/mol. The van der Waals surface area contributed by atoms with Crippen molar-refractivity contribution in [3.05, 3.63) is 47.9 Å². The van der Waals surface area contributed by atoms with E-state index in [0.717, 1.165) is 43.7 Å². The molecule has 27 heavy (non-hydrogen) atoms. The molecule has 2 saturated heterocycles. The largest absolute Gasteiger partial charge is 0.354 e. The van der Waals surface area contributed by atoms with E-state index in [1.54, 1.807) is 24.7 Å². The van der Waals surface area contributed by atoms with E-state index >= 15 is 0 Å². The minimum atomic E-state index is -0.284. The first-order valence-corrected chi connectivity index (χ1v) is 9.45. The van der Waals surface area contributed by atoms with Crippen LogP contribution in [0.2, 0.25) is 0 Å². The third-order valence-electron chi connectivity index (χ3n) is 5.64. The van der Waals surface area contributed by atoms with E-state index in [4.69, 9.17) is 0 Å². The van der Waals surface area contributed by atoms with Gasteiger partial charge in [-0.25, -0.2) is 9.37 Å². The van der Waals surface area contributed by atoms with Crippen LogP contribution >= 0.6 is 0 Å². The van der Waals surface area contributed by atoms with Crippen LogP contribution in [-0.2, 0) is 11.3 Å². The highest BCUT2D eigenvalue weighted by Gasteiger charge is 2.42. The third kappa shape index (κ3) is 3.77. The maximum atomic E-state index is 14.2. The molecule has 7 heteroatoms. The van der Waals surface area contributed by atoms with Gasteiger partial charge in [0.2, 0.25) is 5.91 Å². The van der Waals surface area contributed by atoms with Crippen LogP contribution in [0.25, 0.3) is 0 Å². The van der Waals surface area contributed by atoms with E-state index in [0.29, 0.717) is 25.3 Å². The molecule has 0 saturated carbocycles. The highest BCUT2D eigenvalue weighted by atomic mass is 19.1. The maximum absolute atomic E-state index is 14.2. The number of hydrogen-bond donors (Lipinski definition) is 0. The van der Waals surface area contributed by atoms with Crippen LogP contribution in [0.5, 0.6) is 0 Å². The average molecular weight is 369 g/mol. The number of nitrogens with zero attached hydrogens (tertiary/aromatic N) is 5. The molecule has 6 nitrogen and oxygen atoms in total. The monoisotopic (exact) mass is 369 g/mol. The van der Waals surface area contributed by atoms with E-state index in [9.17, 15) is 9.18 Å². The predicted octanol–water partition coefficient (Wildman–Crippen LogP) is 2.73. The number of rotatable bonds is 3. The molecule has 0 radical (unpaired) electrons. The summed E-state index contributed by atoms with van der Waals surface area (Å²) in [4.78, 5) is 29.3. The van der Waals surface area contributed by atoms with E-state index < -0.39 is 0 Å². The summed E-state index contributed by atoms with van der Waals surface area (Å²) in [5, 5.41) is 0. The Morgan fingerprint density at radius 2 is 2.07 bits per heavy atom. The van der Waals surface area contributed by atoms with Gasteiger partial charge in [0.1, 0.15) is 0 Å². The molecule has 142 valence electrons. The lowest BCUT2D eigenvalue weighted by Gasteiger charge is -2.48. The zero-order valence-electron chi connectivity index (χ0n) is 15.6. The summed E-state index contributed by atoms with van der Waals surface area (Å²) < 4.78 is 14.2. The van der Waals surface area contributed by atoms with Crippen LogP contribution in [-0.4, -0.2) is 45.4 Å². The van der Waals surface area contributed by atoms with Gasteiger partial charge in [0.25, 0.3) is 0 Å². The van der Waals surface area contributed by atoms with Gasteiger partial charge in [-0.3, -0.25) is 14.8 Å². The second-order valence-electron chi connectivity index (χ2n) is 7.73. The first-order valence-electron chi connectivity index (χ1n) is 9.45. The molecule has 4 rings (SSSR count). The number of likely N-dealkylation sites (tertiary alicyclic amines) is 1. The van der Waals surface area contributed by atoms with Crippen LogP contribution in [0.3, 0.4) is 0 Å². The van der Waals surface area contributed by atoms with Crippen LogP contribution in [0.1, 0.15) is 37.1 Å². The van der Waals surface area contributed by atoms with E-state index in [2.05, 4.69) is 15.0 Å². The van der Waals surface area contributed by atoms with Gasteiger partial charge in [0.15, 0.2) is 11.6 Å². The topological polar surface area (TPSA) is 62.2 Å². The number of piperidine rings is 2. The summed E-state index contributed by atoms with van der Waals surface area (Å²) in [5.74, 6) is 0.293. The van der Waals surface area contributed by atoms with Crippen molar-refractivity contribution in [1.29, 1.82) is 0 Å². The number of carbonyl (C=O) groups excluding carboxylic acids is 1. The van der Waals surface area contributed by atoms with E-state index in [-0.39, 0.29) is 17.1 Å². The Morgan fingerprint density at radius 3 is 2.85 bits per heavy atom. The van der Waals surface area contributed by atoms with E-state index in [1.807, 2.05) is 16.7 Å². The molecule has 2 aliphatic heterocycles. The summed E-state index contributed by atoms with van der Waals surface area (Å²) in [5.41, 5.74) is 1.64. The number of amides is 1. The van der Waals surface area contributed by atoms with Gasteiger partial charge in [0.05, 0.1) is 24.1 Å². The number of aromatic nitrogens is 3. The van der Waals surface area contributed by atoms with Crippen LogP contribution in [0, 0.1) is 18.2 Å². The zero-order valence-corrected chi connectivity index (χ0v) is 15.6. The Kier molecular flexibility index (Phi) is 4.76. The molecule has 0 N–H and O–H groups in total. The fourth-order valence-electron chi connectivity index (χ4n) is 4.27. The van der Waals surface area contributed by atoms with Crippen molar-refractivity contribution < 1.29 is 9.18 Å². The first kappa shape index (κ1) is 17.8. The molecular formula is C20H24FN5O. The number of aryl methyl sites for hydroxylation is 1. The normalized spacial score (nSPS) is 23.1. The van der Waals surface area contributed by atoms with Crippen LogP contribution < -0.4 is 4.90 Å². The summed E-state index contributed by atoms with van der Waals surface area (Å²) in [6.07, 6.45) is 8.48. The van der Waals surface area contributed by atoms with Crippen molar-refractivity contribution in [2.24, 2.45) is 5.41 Å². The van der Waals surface area contributed by atoms with Crippen molar-refractivity contribution in [3.63, 3.8) is 0 Å². The van der Waals surface area contributed by atoms with Gasteiger partial charge in [-0.05, 0) is 38.3 Å². The highest BCUT2D eigenvalue weighted by Crippen LogP contribution is 2.40. The van der Waals surface area contributed by atoms with Crippen molar-refractivity contribution in [1.82, 2.24) is 19.9 Å². The highest BCUT2D eigenvalue weighted by molar-refractivity contribution is 5.77. The summed E-state index contributed by atoms with van der Waals surface area (Å²) >= 11 is 0. The average Bonchev–Trinajstić information content (AvgIpc) is 2.67. The number of anilines is 1. The minimum Gasteiger partial charge on any atom is -0.354 e. The van der Waals surface area contributed by atoms with Gasteiger partial charge in [-0.15, -0.1) is 0 Å². The Bertz CT molecular complexity index is 827. The Morgan fingerprint density at radius 1 is 1.19 bits per heavy atom. The quantitative estimate of drug-likeness (QED) is 0.832. The maximum Gasteiger partial charge on any atom is 0.222 e. The van der Waals surface area contributed by atoms with E-state index in [1.165, 1.54) is 6.07 Å². The number of carbonyl (C=O) groups is 1. The van der Waals surface area contributed by atoms with Gasteiger partial charge < -0.3 is 9.80 Å². The molecule has 2 aliphatic rings. The predicted molar refractivity (Wildman–Crippen MR) is 99.5 cm³/mol. The smallest absolute Gasteiger partial charge is 0.222 e. The second kappa shape index (κ2) is 7.21. The molecule has 1 spiro atoms. The van der Waals surface area contributed by atoms with Crippen molar-refractivity contribution in [2.45, 2.75) is 39.2 Å². The zero-order chi connectivity index (χ0) is 18.9. The summed E-state index contributed by atoms with van der Waals surface area (Å²) in [6, 6.07) is 3.07. The molecule has 1 amide bonds. The lowest BCUT2D eigenvalue weighted by atomic mass is 9.73. The number of halogens is 1.